The third kappa shape index (κ3) is 4.57. The number of benzene rings is 1. The fourth-order valence-corrected chi connectivity index (χ4v) is 3.08. The van der Waals surface area contributed by atoms with Crippen LogP contribution in [0.1, 0.15) is 32.3 Å². The first-order valence-electron chi connectivity index (χ1n) is 8.75. The lowest BCUT2D eigenvalue weighted by atomic mass is 9.94. The number of carbonyl (C=O) groups is 2. The van der Waals surface area contributed by atoms with Crippen molar-refractivity contribution in [3.8, 4) is 0 Å². The van der Waals surface area contributed by atoms with E-state index in [1.165, 1.54) is 0 Å². The molecule has 1 heterocycles. The molecule has 1 aromatic carbocycles. The Bertz CT molecular complexity index is 551. The van der Waals surface area contributed by atoms with Gasteiger partial charge in [0.1, 0.15) is 0 Å². The monoisotopic (exact) mass is 331 g/mol. The first kappa shape index (κ1) is 18.5. The Hall–Kier alpha value is -1.88. The van der Waals surface area contributed by atoms with E-state index in [2.05, 4.69) is 0 Å². The first-order valence-corrected chi connectivity index (χ1v) is 8.75. The molecule has 1 aliphatic rings. The van der Waals surface area contributed by atoms with Crippen LogP contribution in [0.25, 0.3) is 0 Å². The van der Waals surface area contributed by atoms with E-state index in [1.54, 1.807) is 4.90 Å². The Balaban J connectivity index is 1.85. The quantitative estimate of drug-likeness (QED) is 0.892. The zero-order chi connectivity index (χ0) is 17.7. The fourth-order valence-electron chi connectivity index (χ4n) is 3.08. The van der Waals surface area contributed by atoms with Gasteiger partial charge < -0.3 is 15.5 Å². The Kier molecular flexibility index (Phi) is 6.37. The number of piperidine rings is 1. The van der Waals surface area contributed by atoms with E-state index < -0.39 is 6.04 Å². The van der Waals surface area contributed by atoms with Gasteiger partial charge in [0, 0.05) is 32.1 Å². The van der Waals surface area contributed by atoms with Crippen molar-refractivity contribution in [3.05, 3.63) is 35.9 Å². The first-order chi connectivity index (χ1) is 11.4. The van der Waals surface area contributed by atoms with Crippen LogP contribution in [0.3, 0.4) is 0 Å². The number of amides is 2. The molecular formula is C19H29N3O2. The number of nitrogens with two attached hydrogens (primary N) is 1. The maximum Gasteiger partial charge on any atom is 0.239 e. The van der Waals surface area contributed by atoms with Crippen molar-refractivity contribution in [2.75, 3.05) is 20.1 Å². The Morgan fingerprint density at radius 2 is 1.79 bits per heavy atom. The van der Waals surface area contributed by atoms with Crippen LogP contribution < -0.4 is 5.73 Å². The van der Waals surface area contributed by atoms with Crippen LogP contribution in [0, 0.1) is 5.92 Å². The molecule has 0 aromatic heterocycles. The van der Waals surface area contributed by atoms with Crippen LogP contribution in [0.4, 0.5) is 0 Å². The minimum Gasteiger partial charge on any atom is -0.343 e. The van der Waals surface area contributed by atoms with Crippen LogP contribution in [0.2, 0.25) is 0 Å². The SMILES string of the molecule is CC(C)N(C)C(=O)C1CCN(C(=O)[C@@H](N)Cc2ccccc2)CC1. The maximum atomic E-state index is 12.5. The second-order valence-corrected chi connectivity index (χ2v) is 6.94. The molecule has 24 heavy (non-hydrogen) atoms. The van der Waals surface area contributed by atoms with Gasteiger partial charge in [-0.05, 0) is 38.7 Å². The van der Waals surface area contributed by atoms with E-state index in [1.807, 2.05) is 56.1 Å². The molecule has 1 atom stereocenters. The normalized spacial score (nSPS) is 17.0. The maximum absolute atomic E-state index is 12.5. The van der Waals surface area contributed by atoms with E-state index >= 15 is 0 Å². The van der Waals surface area contributed by atoms with Crippen LogP contribution in [-0.4, -0.2) is 53.8 Å². The van der Waals surface area contributed by atoms with Crippen molar-refractivity contribution in [1.29, 1.82) is 0 Å². The predicted molar refractivity (Wildman–Crippen MR) is 95.3 cm³/mol. The van der Waals surface area contributed by atoms with E-state index in [-0.39, 0.29) is 23.8 Å². The molecule has 0 spiro atoms. The molecule has 1 aliphatic heterocycles. The summed E-state index contributed by atoms with van der Waals surface area (Å²) in [5, 5.41) is 0. The molecule has 5 heteroatoms. The highest BCUT2D eigenvalue weighted by Crippen LogP contribution is 2.21. The van der Waals surface area contributed by atoms with Gasteiger partial charge in [-0.15, -0.1) is 0 Å². The Labute approximate surface area is 144 Å². The van der Waals surface area contributed by atoms with Gasteiger partial charge >= 0.3 is 0 Å². The van der Waals surface area contributed by atoms with Crippen LogP contribution in [0.15, 0.2) is 30.3 Å². The molecular weight excluding hydrogens is 302 g/mol. The zero-order valence-corrected chi connectivity index (χ0v) is 14.9. The molecule has 1 fully saturated rings. The van der Waals surface area contributed by atoms with Crippen molar-refractivity contribution >= 4 is 11.8 Å². The number of carbonyl (C=O) groups excluding carboxylic acids is 2. The highest BCUT2D eigenvalue weighted by Gasteiger charge is 2.31. The smallest absolute Gasteiger partial charge is 0.239 e. The molecule has 0 radical (unpaired) electrons. The molecule has 0 unspecified atom stereocenters. The number of rotatable bonds is 5. The second kappa shape index (κ2) is 8.29. The van der Waals surface area contributed by atoms with Gasteiger partial charge in [0.2, 0.25) is 11.8 Å². The third-order valence-corrected chi connectivity index (χ3v) is 4.89. The van der Waals surface area contributed by atoms with Crippen molar-refractivity contribution in [2.24, 2.45) is 11.7 Å². The molecule has 0 saturated carbocycles. The molecule has 1 aromatic rings. The van der Waals surface area contributed by atoms with Gasteiger partial charge in [0.05, 0.1) is 6.04 Å². The molecule has 0 aliphatic carbocycles. The molecule has 2 N–H and O–H groups in total. The number of likely N-dealkylation sites (tertiary alicyclic amines) is 1. The standard InChI is InChI=1S/C19H29N3O2/c1-14(2)21(3)18(23)16-9-11-22(12-10-16)19(24)17(20)13-15-7-5-4-6-8-15/h4-8,14,16-17H,9-13,20H2,1-3H3/t17-/m0/s1. The summed E-state index contributed by atoms with van der Waals surface area (Å²) in [6, 6.07) is 9.52. The van der Waals surface area contributed by atoms with Gasteiger partial charge in [0.15, 0.2) is 0 Å². The average molecular weight is 331 g/mol. The van der Waals surface area contributed by atoms with E-state index in [0.717, 1.165) is 18.4 Å². The second-order valence-electron chi connectivity index (χ2n) is 6.94. The molecule has 0 bridgehead atoms. The van der Waals surface area contributed by atoms with Crippen LogP contribution >= 0.6 is 0 Å². The Morgan fingerprint density at radius 3 is 2.33 bits per heavy atom. The lowest BCUT2D eigenvalue weighted by Crippen LogP contribution is -2.50. The predicted octanol–water partition coefficient (Wildman–Crippen LogP) is 1.66. The van der Waals surface area contributed by atoms with E-state index in [9.17, 15) is 9.59 Å². The number of hydrogen-bond acceptors (Lipinski definition) is 3. The van der Waals surface area contributed by atoms with Crippen molar-refractivity contribution in [1.82, 2.24) is 9.80 Å². The van der Waals surface area contributed by atoms with Gasteiger partial charge in [0.25, 0.3) is 0 Å². The summed E-state index contributed by atoms with van der Waals surface area (Å²) in [6.45, 7) is 5.26. The van der Waals surface area contributed by atoms with Gasteiger partial charge in [-0.3, -0.25) is 9.59 Å². The fraction of sp³-hybridized carbons (Fsp3) is 0.579. The van der Waals surface area contributed by atoms with E-state index in [0.29, 0.717) is 19.5 Å². The topological polar surface area (TPSA) is 66.6 Å². The Morgan fingerprint density at radius 1 is 1.21 bits per heavy atom. The average Bonchev–Trinajstić information content (AvgIpc) is 2.60. The van der Waals surface area contributed by atoms with Crippen molar-refractivity contribution in [3.63, 3.8) is 0 Å². The summed E-state index contributed by atoms with van der Waals surface area (Å²) in [6.07, 6.45) is 1.99. The van der Waals surface area contributed by atoms with Crippen molar-refractivity contribution < 1.29 is 9.59 Å². The molecule has 2 amide bonds. The largest absolute Gasteiger partial charge is 0.343 e. The lowest BCUT2D eigenvalue weighted by molar-refractivity contribution is -0.141. The molecule has 2 rings (SSSR count). The van der Waals surface area contributed by atoms with Crippen LogP contribution in [0.5, 0.6) is 0 Å². The summed E-state index contributed by atoms with van der Waals surface area (Å²) in [4.78, 5) is 28.5. The summed E-state index contributed by atoms with van der Waals surface area (Å²) in [5.74, 6) is 0.194. The molecule has 5 nitrogen and oxygen atoms in total. The highest BCUT2D eigenvalue weighted by atomic mass is 16.2. The van der Waals surface area contributed by atoms with Gasteiger partial charge in [-0.1, -0.05) is 30.3 Å². The molecule has 132 valence electrons. The van der Waals surface area contributed by atoms with E-state index in [4.69, 9.17) is 5.73 Å². The third-order valence-electron chi connectivity index (χ3n) is 4.89. The molecule has 1 saturated heterocycles. The number of nitrogens with zero attached hydrogens (tertiary/aromatic N) is 2. The van der Waals surface area contributed by atoms with Gasteiger partial charge in [-0.2, -0.15) is 0 Å². The zero-order valence-electron chi connectivity index (χ0n) is 14.9. The number of hydrogen-bond donors (Lipinski definition) is 1. The summed E-state index contributed by atoms with van der Waals surface area (Å²) in [7, 11) is 1.85. The minimum atomic E-state index is -0.516. The summed E-state index contributed by atoms with van der Waals surface area (Å²) < 4.78 is 0. The lowest BCUT2D eigenvalue weighted by Gasteiger charge is -2.35. The minimum absolute atomic E-state index is 0.0121. The van der Waals surface area contributed by atoms with Gasteiger partial charge in [-0.25, -0.2) is 0 Å². The summed E-state index contributed by atoms with van der Waals surface area (Å²) >= 11 is 0. The van der Waals surface area contributed by atoms with Crippen molar-refractivity contribution in [2.45, 2.75) is 45.2 Å². The van der Waals surface area contributed by atoms with Crippen LogP contribution in [-0.2, 0) is 16.0 Å². The summed E-state index contributed by atoms with van der Waals surface area (Å²) in [5.41, 5.74) is 7.17. The highest BCUT2D eigenvalue weighted by molar-refractivity contribution is 5.83.